The highest BCUT2D eigenvalue weighted by atomic mass is 16.5. The van der Waals surface area contributed by atoms with Crippen molar-refractivity contribution in [1.29, 1.82) is 0 Å². The van der Waals surface area contributed by atoms with Gasteiger partial charge in [0.25, 0.3) is 0 Å². The number of rotatable bonds is 7. The molecule has 1 heterocycles. The molecule has 0 aromatic carbocycles. The van der Waals surface area contributed by atoms with Crippen LogP contribution in [0.2, 0.25) is 0 Å². The lowest BCUT2D eigenvalue weighted by Crippen LogP contribution is -2.37. The van der Waals surface area contributed by atoms with Crippen LogP contribution < -0.4 is 16.4 Å². The van der Waals surface area contributed by atoms with E-state index in [0.717, 1.165) is 0 Å². The van der Waals surface area contributed by atoms with E-state index in [1.165, 1.54) is 4.68 Å². The molecule has 1 aromatic heterocycles. The summed E-state index contributed by atoms with van der Waals surface area (Å²) in [5, 5.41) is 12.6. The summed E-state index contributed by atoms with van der Waals surface area (Å²) in [6, 6.07) is -0.887. The van der Waals surface area contributed by atoms with Gasteiger partial charge in [0.15, 0.2) is 0 Å². The number of primary amides is 1. The van der Waals surface area contributed by atoms with Crippen LogP contribution in [0.15, 0.2) is 6.20 Å². The van der Waals surface area contributed by atoms with E-state index in [1.54, 1.807) is 13.3 Å². The highest BCUT2D eigenvalue weighted by Crippen LogP contribution is 1.92. The predicted octanol–water partition coefficient (Wildman–Crippen LogP) is -1.79. The van der Waals surface area contributed by atoms with E-state index in [-0.39, 0.29) is 6.54 Å². The minimum Gasteiger partial charge on any atom is -0.383 e. The molecule has 9 heteroatoms. The van der Waals surface area contributed by atoms with Gasteiger partial charge >= 0.3 is 6.03 Å². The minimum absolute atomic E-state index is 0.103. The lowest BCUT2D eigenvalue weighted by atomic mass is 10.4. The number of amides is 3. The van der Waals surface area contributed by atoms with Crippen LogP contribution in [0.3, 0.4) is 0 Å². The molecule has 0 aliphatic rings. The molecule has 0 saturated heterocycles. The summed E-state index contributed by atoms with van der Waals surface area (Å²) in [5.41, 5.74) is 5.50. The molecule has 0 aliphatic heterocycles. The Labute approximate surface area is 104 Å². The van der Waals surface area contributed by atoms with Crippen LogP contribution in [0.25, 0.3) is 0 Å². The van der Waals surface area contributed by atoms with Gasteiger partial charge in [-0.15, -0.1) is 5.10 Å². The van der Waals surface area contributed by atoms with Crippen LogP contribution >= 0.6 is 0 Å². The van der Waals surface area contributed by atoms with Crippen LogP contribution in [0, 0.1) is 0 Å². The third-order valence-electron chi connectivity index (χ3n) is 1.94. The molecule has 0 fully saturated rings. The number of methoxy groups -OCH3 is 1. The van der Waals surface area contributed by atoms with Crippen molar-refractivity contribution in [3.05, 3.63) is 11.9 Å². The fraction of sp³-hybridized carbons (Fsp3) is 0.556. The Bertz CT molecular complexity index is 405. The van der Waals surface area contributed by atoms with Crippen LogP contribution in [-0.4, -0.2) is 47.2 Å². The van der Waals surface area contributed by atoms with Gasteiger partial charge in [0, 0.05) is 20.2 Å². The fourth-order valence-electron chi connectivity index (χ4n) is 1.21. The molecule has 18 heavy (non-hydrogen) atoms. The zero-order valence-electron chi connectivity index (χ0n) is 10.0. The first-order valence-electron chi connectivity index (χ1n) is 5.29. The third kappa shape index (κ3) is 5.37. The second kappa shape index (κ2) is 7.35. The van der Waals surface area contributed by atoms with Crippen molar-refractivity contribution >= 4 is 11.9 Å². The smallest absolute Gasteiger partial charge is 0.318 e. The first-order chi connectivity index (χ1) is 8.61. The van der Waals surface area contributed by atoms with Gasteiger partial charge in [-0.3, -0.25) is 10.1 Å². The second-order valence-corrected chi connectivity index (χ2v) is 3.49. The highest BCUT2D eigenvalue weighted by molar-refractivity contribution is 5.93. The summed E-state index contributed by atoms with van der Waals surface area (Å²) in [5.74, 6) is -0.536. The third-order valence-corrected chi connectivity index (χ3v) is 1.94. The average molecular weight is 256 g/mol. The molecular weight excluding hydrogens is 240 g/mol. The summed E-state index contributed by atoms with van der Waals surface area (Å²) < 4.78 is 6.20. The van der Waals surface area contributed by atoms with Gasteiger partial charge in [0.1, 0.15) is 6.54 Å². The Hall–Kier alpha value is -2.00. The number of aromatic nitrogens is 3. The zero-order valence-corrected chi connectivity index (χ0v) is 10.0. The number of imide groups is 1. The number of carbonyl (C=O) groups excluding carboxylic acids is 2. The molecule has 4 N–H and O–H groups in total. The van der Waals surface area contributed by atoms with Crippen molar-refractivity contribution in [1.82, 2.24) is 25.6 Å². The summed E-state index contributed by atoms with van der Waals surface area (Å²) in [7, 11) is 1.62. The quantitative estimate of drug-likeness (QED) is 0.495. The van der Waals surface area contributed by atoms with Gasteiger partial charge in [-0.2, -0.15) is 0 Å². The topological polar surface area (TPSA) is 124 Å². The van der Waals surface area contributed by atoms with Gasteiger partial charge in [0.05, 0.1) is 18.5 Å². The lowest BCUT2D eigenvalue weighted by Gasteiger charge is -2.00. The van der Waals surface area contributed by atoms with Crippen molar-refractivity contribution in [3.63, 3.8) is 0 Å². The molecule has 100 valence electrons. The monoisotopic (exact) mass is 256 g/mol. The molecule has 9 nitrogen and oxygen atoms in total. The maximum atomic E-state index is 11.2. The molecule has 0 unspecified atom stereocenters. The van der Waals surface area contributed by atoms with E-state index in [2.05, 4.69) is 15.6 Å². The van der Waals surface area contributed by atoms with Gasteiger partial charge in [-0.05, 0) is 0 Å². The Kier molecular flexibility index (Phi) is 5.74. The van der Waals surface area contributed by atoms with Gasteiger partial charge < -0.3 is 15.8 Å². The molecule has 0 spiro atoms. The highest BCUT2D eigenvalue weighted by Gasteiger charge is 2.07. The molecule has 0 saturated carbocycles. The number of ether oxygens (including phenoxy) is 1. The Balaban J connectivity index is 2.34. The van der Waals surface area contributed by atoms with Gasteiger partial charge in [-0.25, -0.2) is 9.48 Å². The number of hydrogen-bond acceptors (Lipinski definition) is 6. The number of hydrogen-bond donors (Lipinski definition) is 3. The van der Waals surface area contributed by atoms with Gasteiger partial charge in [-0.1, -0.05) is 5.21 Å². The van der Waals surface area contributed by atoms with E-state index in [4.69, 9.17) is 10.5 Å². The van der Waals surface area contributed by atoms with E-state index >= 15 is 0 Å². The summed E-state index contributed by atoms with van der Waals surface area (Å²) in [6.07, 6.45) is 1.61. The number of nitrogens with zero attached hydrogens (tertiary/aromatic N) is 3. The van der Waals surface area contributed by atoms with E-state index in [1.807, 2.05) is 5.32 Å². The molecule has 1 aromatic rings. The molecule has 0 atom stereocenters. The Morgan fingerprint density at radius 3 is 3.00 bits per heavy atom. The van der Waals surface area contributed by atoms with E-state index in [9.17, 15) is 9.59 Å². The largest absolute Gasteiger partial charge is 0.383 e. The molecule has 3 amide bonds. The number of nitrogens with two attached hydrogens (primary N) is 1. The SMILES string of the molecule is COCCNCc1cn(CC(=O)NC(N)=O)nn1. The number of nitrogens with one attached hydrogen (secondary N) is 2. The van der Waals surface area contributed by atoms with Crippen LogP contribution in [0.1, 0.15) is 5.69 Å². The Morgan fingerprint density at radius 2 is 2.33 bits per heavy atom. The van der Waals surface area contributed by atoms with Crippen LogP contribution in [0.5, 0.6) is 0 Å². The maximum Gasteiger partial charge on any atom is 0.318 e. The average Bonchev–Trinajstić information content (AvgIpc) is 2.71. The predicted molar refractivity (Wildman–Crippen MR) is 61.3 cm³/mol. The summed E-state index contributed by atoms with van der Waals surface area (Å²) >= 11 is 0. The first-order valence-corrected chi connectivity index (χ1v) is 5.29. The van der Waals surface area contributed by atoms with E-state index in [0.29, 0.717) is 25.4 Å². The molecular formula is C9H16N6O3. The normalized spacial score (nSPS) is 10.3. The molecule has 0 bridgehead atoms. The minimum atomic E-state index is -0.887. The zero-order chi connectivity index (χ0) is 13.4. The Morgan fingerprint density at radius 1 is 1.56 bits per heavy atom. The molecule has 1 rings (SSSR count). The van der Waals surface area contributed by atoms with Crippen molar-refractivity contribution in [2.24, 2.45) is 5.73 Å². The summed E-state index contributed by atoms with van der Waals surface area (Å²) in [4.78, 5) is 21.6. The van der Waals surface area contributed by atoms with Gasteiger partial charge in [0.2, 0.25) is 5.91 Å². The van der Waals surface area contributed by atoms with Crippen LogP contribution in [0.4, 0.5) is 4.79 Å². The molecule has 0 aliphatic carbocycles. The van der Waals surface area contributed by atoms with Crippen molar-refractivity contribution in [2.45, 2.75) is 13.1 Å². The summed E-state index contributed by atoms with van der Waals surface area (Å²) in [6.45, 7) is 1.73. The number of carbonyl (C=O) groups is 2. The lowest BCUT2D eigenvalue weighted by molar-refractivity contribution is -0.120. The van der Waals surface area contributed by atoms with Crippen molar-refractivity contribution in [2.75, 3.05) is 20.3 Å². The molecule has 0 radical (unpaired) electrons. The first kappa shape index (κ1) is 14.1. The standard InChI is InChI=1S/C9H16N6O3/c1-18-3-2-11-4-7-5-15(14-13-7)6-8(16)12-9(10)17/h5,11H,2-4,6H2,1H3,(H3,10,12,16,17). The van der Waals surface area contributed by atoms with Crippen LogP contribution in [-0.2, 0) is 22.6 Å². The fourth-order valence-corrected chi connectivity index (χ4v) is 1.21. The second-order valence-electron chi connectivity index (χ2n) is 3.49. The van der Waals surface area contributed by atoms with Crippen molar-refractivity contribution in [3.8, 4) is 0 Å². The number of urea groups is 1. The van der Waals surface area contributed by atoms with E-state index < -0.39 is 11.9 Å². The van der Waals surface area contributed by atoms with Crippen molar-refractivity contribution < 1.29 is 14.3 Å². The maximum absolute atomic E-state index is 11.2.